The first-order valence-electron chi connectivity index (χ1n) is 9.19. The number of hydrogen-bond donors (Lipinski definition) is 1. The van der Waals surface area contributed by atoms with Crippen molar-refractivity contribution < 1.29 is 19.1 Å². The van der Waals surface area contributed by atoms with Gasteiger partial charge in [-0.25, -0.2) is 0 Å². The van der Waals surface area contributed by atoms with Crippen LogP contribution in [0.15, 0.2) is 0 Å². The van der Waals surface area contributed by atoms with E-state index in [0.717, 1.165) is 12.8 Å². The Bertz CT molecular complexity index is 639. The lowest BCUT2D eigenvalue weighted by Gasteiger charge is -2.39. The summed E-state index contributed by atoms with van der Waals surface area (Å²) < 4.78 is 5.04. The molecule has 0 aromatic carbocycles. The Morgan fingerprint density at radius 2 is 2.08 bits per heavy atom. The second-order valence-electron chi connectivity index (χ2n) is 7.60. The molecule has 5 atom stereocenters. The Morgan fingerprint density at radius 1 is 1.38 bits per heavy atom. The predicted molar refractivity (Wildman–Crippen MR) is 94.3 cm³/mol. The number of nitrogens with zero attached hydrogens (tertiary/aromatic N) is 2. The standard InChI is InChI=1S/C19H27N3O4/c1-11-5-4-6-16(12(11)2)22-9-14(7-18(22)24)19(25)26-10-17(23)15(8-20)13(3)21/h11-12,14-16,21H,4-7,9-10H2,1-3H3/t11-,12-,14-,15-,16+/m1/s1. The molecule has 0 unspecified atom stereocenters. The third-order valence-corrected chi connectivity index (χ3v) is 5.80. The van der Waals surface area contributed by atoms with Crippen molar-refractivity contribution >= 4 is 23.4 Å². The number of amides is 1. The van der Waals surface area contributed by atoms with Gasteiger partial charge in [0.15, 0.2) is 12.4 Å². The molecule has 1 N–H and O–H groups in total. The van der Waals surface area contributed by atoms with Gasteiger partial charge >= 0.3 is 5.97 Å². The number of ether oxygens (including phenoxy) is 1. The Kier molecular flexibility index (Phi) is 6.52. The average molecular weight is 361 g/mol. The predicted octanol–water partition coefficient (Wildman–Crippen LogP) is 1.95. The zero-order valence-electron chi connectivity index (χ0n) is 15.7. The summed E-state index contributed by atoms with van der Waals surface area (Å²) in [6.45, 7) is 5.53. The van der Waals surface area contributed by atoms with Gasteiger partial charge in [0.2, 0.25) is 5.91 Å². The van der Waals surface area contributed by atoms with Gasteiger partial charge in [0.1, 0.15) is 5.92 Å². The van der Waals surface area contributed by atoms with E-state index in [2.05, 4.69) is 13.8 Å². The number of likely N-dealkylation sites (tertiary alicyclic amines) is 1. The number of ketones is 1. The van der Waals surface area contributed by atoms with Gasteiger partial charge in [-0.15, -0.1) is 0 Å². The largest absolute Gasteiger partial charge is 0.457 e. The fraction of sp³-hybridized carbons (Fsp3) is 0.737. The molecule has 7 nitrogen and oxygen atoms in total. The maximum Gasteiger partial charge on any atom is 0.311 e. The summed E-state index contributed by atoms with van der Waals surface area (Å²) in [6, 6.07) is 1.89. The fourth-order valence-corrected chi connectivity index (χ4v) is 3.96. The zero-order chi connectivity index (χ0) is 19.4. The molecule has 1 amide bonds. The lowest BCUT2D eigenvalue weighted by atomic mass is 9.77. The van der Waals surface area contributed by atoms with Crippen molar-refractivity contribution in [3.05, 3.63) is 0 Å². The molecule has 0 radical (unpaired) electrons. The minimum Gasteiger partial charge on any atom is -0.457 e. The summed E-state index contributed by atoms with van der Waals surface area (Å²) in [4.78, 5) is 38.3. The number of rotatable bonds is 6. The first-order chi connectivity index (χ1) is 12.3. The van der Waals surface area contributed by atoms with Gasteiger partial charge in [-0.1, -0.05) is 26.7 Å². The first kappa shape index (κ1) is 20.1. The van der Waals surface area contributed by atoms with Crippen LogP contribution in [-0.2, 0) is 19.1 Å². The van der Waals surface area contributed by atoms with E-state index in [1.54, 1.807) is 6.07 Å². The van der Waals surface area contributed by atoms with E-state index in [-0.39, 0.29) is 24.1 Å². The van der Waals surface area contributed by atoms with Crippen LogP contribution in [0.2, 0.25) is 0 Å². The molecule has 0 spiro atoms. The van der Waals surface area contributed by atoms with E-state index in [4.69, 9.17) is 15.4 Å². The minimum absolute atomic E-state index is 0.0329. The Labute approximate surface area is 154 Å². The van der Waals surface area contributed by atoms with Crippen LogP contribution in [0.3, 0.4) is 0 Å². The van der Waals surface area contributed by atoms with Gasteiger partial charge in [0, 0.05) is 24.7 Å². The van der Waals surface area contributed by atoms with Gasteiger partial charge in [0.05, 0.1) is 12.0 Å². The lowest BCUT2D eigenvalue weighted by Crippen LogP contribution is -2.45. The molecule has 2 rings (SSSR count). The molecule has 1 heterocycles. The number of nitrogens with one attached hydrogen (secondary N) is 1. The lowest BCUT2D eigenvalue weighted by molar-refractivity contribution is -0.152. The van der Waals surface area contributed by atoms with Crippen molar-refractivity contribution in [1.29, 1.82) is 10.7 Å². The zero-order valence-corrected chi connectivity index (χ0v) is 15.7. The summed E-state index contributed by atoms with van der Waals surface area (Å²) in [7, 11) is 0. The highest BCUT2D eigenvalue weighted by molar-refractivity contribution is 6.06. The molecule has 0 aromatic rings. The van der Waals surface area contributed by atoms with Crippen molar-refractivity contribution in [2.45, 2.75) is 52.5 Å². The minimum atomic E-state index is -1.19. The van der Waals surface area contributed by atoms with Crippen LogP contribution in [0.5, 0.6) is 0 Å². The van der Waals surface area contributed by atoms with Crippen molar-refractivity contribution in [3.8, 4) is 6.07 Å². The van der Waals surface area contributed by atoms with Crippen LogP contribution in [0.25, 0.3) is 0 Å². The average Bonchev–Trinajstić information content (AvgIpc) is 2.97. The summed E-state index contributed by atoms with van der Waals surface area (Å²) in [5.41, 5.74) is -0.0730. The summed E-state index contributed by atoms with van der Waals surface area (Å²) in [5.74, 6) is -2.02. The number of carbonyl (C=O) groups excluding carboxylic acids is 3. The number of nitriles is 1. The third-order valence-electron chi connectivity index (χ3n) is 5.80. The van der Waals surface area contributed by atoms with Gasteiger partial charge in [-0.2, -0.15) is 5.26 Å². The highest BCUT2D eigenvalue weighted by Crippen LogP contribution is 2.35. The quantitative estimate of drug-likeness (QED) is 0.574. The van der Waals surface area contributed by atoms with E-state index in [0.29, 0.717) is 18.4 Å². The molecule has 142 valence electrons. The molecule has 1 saturated carbocycles. The summed E-state index contributed by atoms with van der Waals surface area (Å²) >= 11 is 0. The Hall–Kier alpha value is -2.23. The van der Waals surface area contributed by atoms with Gasteiger partial charge in [0.25, 0.3) is 0 Å². The van der Waals surface area contributed by atoms with Gasteiger partial charge in [-0.05, 0) is 25.2 Å². The maximum absolute atomic E-state index is 12.4. The van der Waals surface area contributed by atoms with E-state index in [1.807, 2.05) is 4.90 Å². The van der Waals surface area contributed by atoms with Crippen molar-refractivity contribution in [2.75, 3.05) is 13.2 Å². The number of esters is 1. The van der Waals surface area contributed by atoms with Crippen LogP contribution in [-0.4, -0.2) is 47.5 Å². The van der Waals surface area contributed by atoms with Crippen LogP contribution in [0, 0.1) is 40.4 Å². The second-order valence-corrected chi connectivity index (χ2v) is 7.60. The normalized spacial score (nSPS) is 29.8. The molecule has 26 heavy (non-hydrogen) atoms. The highest BCUT2D eigenvalue weighted by atomic mass is 16.5. The van der Waals surface area contributed by atoms with Crippen LogP contribution in [0.1, 0.15) is 46.5 Å². The van der Waals surface area contributed by atoms with Gasteiger partial charge in [-0.3, -0.25) is 14.4 Å². The van der Waals surface area contributed by atoms with Crippen LogP contribution >= 0.6 is 0 Å². The third kappa shape index (κ3) is 4.29. The molecule has 2 aliphatic rings. The SMILES string of the molecule is CC(=N)[C@@H](C#N)C(=O)COC(=O)[C@@H]1CC(=O)N([C@H]2CCC[C@@H](C)[C@H]2C)C1. The molecule has 1 saturated heterocycles. The number of carbonyl (C=O) groups is 3. The van der Waals surface area contributed by atoms with Crippen molar-refractivity contribution in [2.24, 2.45) is 23.7 Å². The monoisotopic (exact) mass is 361 g/mol. The molecule has 7 heteroatoms. The molecular formula is C19H27N3O4. The van der Waals surface area contributed by atoms with Crippen molar-refractivity contribution in [1.82, 2.24) is 4.90 Å². The number of hydrogen-bond acceptors (Lipinski definition) is 6. The van der Waals surface area contributed by atoms with Crippen LogP contribution in [0.4, 0.5) is 0 Å². The summed E-state index contributed by atoms with van der Waals surface area (Å²) in [5, 5.41) is 16.3. The number of Topliss-reactive ketones (excluding diaryl/α,β-unsaturated/α-hetero) is 1. The molecule has 0 aromatic heterocycles. The maximum atomic E-state index is 12.4. The topological polar surface area (TPSA) is 111 Å². The molecular weight excluding hydrogens is 334 g/mol. The second kappa shape index (κ2) is 8.43. The first-order valence-corrected chi connectivity index (χ1v) is 9.19. The van der Waals surface area contributed by atoms with Crippen molar-refractivity contribution in [3.63, 3.8) is 0 Å². The van der Waals surface area contributed by atoms with Crippen LogP contribution < -0.4 is 0 Å². The fourth-order valence-electron chi connectivity index (χ4n) is 3.96. The Balaban J connectivity index is 1.91. The smallest absolute Gasteiger partial charge is 0.311 e. The van der Waals surface area contributed by atoms with E-state index >= 15 is 0 Å². The van der Waals surface area contributed by atoms with E-state index in [1.165, 1.54) is 13.3 Å². The van der Waals surface area contributed by atoms with Gasteiger partial charge < -0.3 is 15.0 Å². The van der Waals surface area contributed by atoms with E-state index in [9.17, 15) is 14.4 Å². The molecule has 2 fully saturated rings. The molecule has 1 aliphatic heterocycles. The molecule has 0 bridgehead atoms. The highest BCUT2D eigenvalue weighted by Gasteiger charge is 2.42. The molecule has 1 aliphatic carbocycles. The summed E-state index contributed by atoms with van der Waals surface area (Å²) in [6.07, 6.45) is 3.32. The van der Waals surface area contributed by atoms with E-state index < -0.39 is 30.2 Å². The Morgan fingerprint density at radius 3 is 2.69 bits per heavy atom.